The number of carbonyl (C=O) groups excluding carboxylic acids is 1. The minimum atomic E-state index is -0.198. The van der Waals surface area contributed by atoms with Crippen LogP contribution in [0.1, 0.15) is 40.9 Å². The summed E-state index contributed by atoms with van der Waals surface area (Å²) >= 11 is 6.24. The molecule has 1 amide bonds. The Labute approximate surface area is 135 Å². The Balaban J connectivity index is 2.35. The van der Waals surface area contributed by atoms with Gasteiger partial charge >= 0.3 is 0 Å². The Morgan fingerprint density at radius 2 is 1.82 bits per heavy atom. The molecule has 22 heavy (non-hydrogen) atoms. The first-order valence-corrected chi connectivity index (χ1v) is 7.60. The second kappa shape index (κ2) is 7.11. The molecular formula is C18H17ClN2O. The minimum Gasteiger partial charge on any atom is -0.321 e. The van der Waals surface area contributed by atoms with Gasteiger partial charge in [0.05, 0.1) is 11.6 Å². The van der Waals surface area contributed by atoms with Crippen molar-refractivity contribution < 1.29 is 4.79 Å². The van der Waals surface area contributed by atoms with Gasteiger partial charge in [0.2, 0.25) is 0 Å². The SMILES string of the molecule is CCc1ccc(Cl)c(CC)c1NC(=O)c1ccc(C#N)cc1. The van der Waals surface area contributed by atoms with Crippen molar-refractivity contribution in [3.63, 3.8) is 0 Å². The molecule has 4 heteroatoms. The number of benzene rings is 2. The Kier molecular flexibility index (Phi) is 5.19. The van der Waals surface area contributed by atoms with Crippen molar-refractivity contribution in [2.24, 2.45) is 0 Å². The molecular weight excluding hydrogens is 296 g/mol. The van der Waals surface area contributed by atoms with Gasteiger partial charge in [-0.1, -0.05) is 31.5 Å². The van der Waals surface area contributed by atoms with Gasteiger partial charge in [0.1, 0.15) is 0 Å². The van der Waals surface area contributed by atoms with E-state index in [1.807, 2.05) is 32.0 Å². The molecule has 0 aliphatic heterocycles. The fourth-order valence-corrected chi connectivity index (χ4v) is 2.64. The van der Waals surface area contributed by atoms with E-state index in [0.29, 0.717) is 16.1 Å². The third-order valence-electron chi connectivity index (χ3n) is 3.59. The molecule has 0 saturated heterocycles. The number of hydrogen-bond acceptors (Lipinski definition) is 2. The summed E-state index contributed by atoms with van der Waals surface area (Å²) in [5.74, 6) is -0.198. The topological polar surface area (TPSA) is 52.9 Å². The van der Waals surface area contributed by atoms with E-state index in [-0.39, 0.29) is 5.91 Å². The van der Waals surface area contributed by atoms with Crippen LogP contribution in [0.5, 0.6) is 0 Å². The van der Waals surface area contributed by atoms with Crippen molar-refractivity contribution in [2.45, 2.75) is 26.7 Å². The highest BCUT2D eigenvalue weighted by atomic mass is 35.5. The Hall–Kier alpha value is -2.31. The monoisotopic (exact) mass is 312 g/mol. The third kappa shape index (κ3) is 3.29. The Bertz CT molecular complexity index is 730. The molecule has 2 rings (SSSR count). The molecule has 0 spiro atoms. The highest BCUT2D eigenvalue weighted by Crippen LogP contribution is 2.29. The molecule has 2 aromatic rings. The summed E-state index contributed by atoms with van der Waals surface area (Å²) < 4.78 is 0. The van der Waals surface area contributed by atoms with Crippen LogP contribution >= 0.6 is 11.6 Å². The quantitative estimate of drug-likeness (QED) is 0.897. The van der Waals surface area contributed by atoms with E-state index in [1.54, 1.807) is 24.3 Å². The molecule has 0 fully saturated rings. The number of rotatable bonds is 4. The van der Waals surface area contributed by atoms with Gasteiger partial charge in [0.25, 0.3) is 5.91 Å². The maximum Gasteiger partial charge on any atom is 0.255 e. The second-order valence-electron chi connectivity index (χ2n) is 4.91. The van der Waals surface area contributed by atoms with Crippen LogP contribution in [0.15, 0.2) is 36.4 Å². The molecule has 0 radical (unpaired) electrons. The smallest absolute Gasteiger partial charge is 0.255 e. The van der Waals surface area contributed by atoms with Crippen LogP contribution in [0.2, 0.25) is 5.02 Å². The summed E-state index contributed by atoms with van der Waals surface area (Å²) in [6.45, 7) is 4.05. The zero-order chi connectivity index (χ0) is 16.1. The van der Waals surface area contributed by atoms with Gasteiger partial charge in [0, 0.05) is 16.3 Å². The van der Waals surface area contributed by atoms with Crippen molar-refractivity contribution in [1.82, 2.24) is 0 Å². The molecule has 0 bridgehead atoms. The molecule has 0 heterocycles. The maximum atomic E-state index is 12.4. The highest BCUT2D eigenvalue weighted by Gasteiger charge is 2.14. The number of amides is 1. The number of anilines is 1. The summed E-state index contributed by atoms with van der Waals surface area (Å²) in [6.07, 6.45) is 1.56. The third-order valence-corrected chi connectivity index (χ3v) is 3.95. The zero-order valence-electron chi connectivity index (χ0n) is 12.6. The molecule has 0 unspecified atom stereocenters. The molecule has 0 aliphatic carbocycles. The number of halogens is 1. The van der Waals surface area contributed by atoms with E-state index in [9.17, 15) is 4.79 Å². The lowest BCUT2D eigenvalue weighted by molar-refractivity contribution is 0.102. The Morgan fingerprint density at radius 1 is 1.14 bits per heavy atom. The van der Waals surface area contributed by atoms with E-state index >= 15 is 0 Å². The molecule has 0 aliphatic rings. The normalized spacial score (nSPS) is 10.1. The number of aryl methyl sites for hydroxylation is 1. The number of hydrogen-bond donors (Lipinski definition) is 1. The van der Waals surface area contributed by atoms with Gasteiger partial charge in [-0.25, -0.2) is 0 Å². The van der Waals surface area contributed by atoms with Crippen molar-refractivity contribution in [2.75, 3.05) is 5.32 Å². The first-order chi connectivity index (χ1) is 10.6. The number of carbonyl (C=O) groups is 1. The number of nitrogens with one attached hydrogen (secondary N) is 1. The Morgan fingerprint density at radius 3 is 2.36 bits per heavy atom. The molecule has 112 valence electrons. The van der Waals surface area contributed by atoms with Crippen LogP contribution in [0, 0.1) is 11.3 Å². The van der Waals surface area contributed by atoms with Crippen LogP contribution in [0.3, 0.4) is 0 Å². The lowest BCUT2D eigenvalue weighted by atomic mass is 10.0. The van der Waals surface area contributed by atoms with Crippen molar-refractivity contribution in [3.8, 4) is 6.07 Å². The molecule has 2 aromatic carbocycles. The van der Waals surface area contributed by atoms with E-state index < -0.39 is 0 Å². The van der Waals surface area contributed by atoms with Crippen LogP contribution in [0.4, 0.5) is 5.69 Å². The molecule has 0 saturated carbocycles. The predicted octanol–water partition coefficient (Wildman–Crippen LogP) is 4.59. The summed E-state index contributed by atoms with van der Waals surface area (Å²) in [7, 11) is 0. The van der Waals surface area contributed by atoms with Gasteiger partial charge in [-0.2, -0.15) is 5.26 Å². The van der Waals surface area contributed by atoms with Gasteiger partial charge in [0.15, 0.2) is 0 Å². The van der Waals surface area contributed by atoms with Gasteiger partial charge < -0.3 is 5.32 Å². The maximum absolute atomic E-state index is 12.4. The fourth-order valence-electron chi connectivity index (χ4n) is 2.35. The van der Waals surface area contributed by atoms with Gasteiger partial charge in [-0.15, -0.1) is 0 Å². The lowest BCUT2D eigenvalue weighted by Crippen LogP contribution is -2.15. The van der Waals surface area contributed by atoms with Crippen LogP contribution < -0.4 is 5.32 Å². The second-order valence-corrected chi connectivity index (χ2v) is 5.32. The van der Waals surface area contributed by atoms with E-state index in [2.05, 4.69) is 5.32 Å². The van der Waals surface area contributed by atoms with Crippen LogP contribution in [0.25, 0.3) is 0 Å². The average Bonchev–Trinajstić information content (AvgIpc) is 2.55. The zero-order valence-corrected chi connectivity index (χ0v) is 13.4. The van der Waals surface area contributed by atoms with Crippen LogP contribution in [-0.2, 0) is 12.8 Å². The van der Waals surface area contributed by atoms with Gasteiger partial charge in [-0.3, -0.25) is 4.79 Å². The molecule has 1 N–H and O–H groups in total. The largest absolute Gasteiger partial charge is 0.321 e. The summed E-state index contributed by atoms with van der Waals surface area (Å²) in [6, 6.07) is 12.4. The van der Waals surface area contributed by atoms with Gasteiger partial charge in [-0.05, 0) is 54.3 Å². The molecule has 3 nitrogen and oxygen atoms in total. The van der Waals surface area contributed by atoms with E-state index in [4.69, 9.17) is 16.9 Å². The predicted molar refractivity (Wildman–Crippen MR) is 89.3 cm³/mol. The van der Waals surface area contributed by atoms with Crippen molar-refractivity contribution >= 4 is 23.2 Å². The standard InChI is InChI=1S/C18H17ClN2O/c1-3-13-9-10-16(19)15(4-2)17(13)21-18(22)14-7-5-12(11-20)6-8-14/h5-10H,3-4H2,1-2H3,(H,21,22). The molecule has 0 aromatic heterocycles. The fraction of sp³-hybridized carbons (Fsp3) is 0.222. The summed E-state index contributed by atoms with van der Waals surface area (Å²) in [5.41, 5.74) is 3.85. The van der Waals surface area contributed by atoms with E-state index in [1.165, 1.54) is 0 Å². The number of nitriles is 1. The molecule has 0 atom stereocenters. The average molecular weight is 313 g/mol. The van der Waals surface area contributed by atoms with E-state index in [0.717, 1.165) is 29.7 Å². The summed E-state index contributed by atoms with van der Waals surface area (Å²) in [4.78, 5) is 12.4. The van der Waals surface area contributed by atoms with Crippen LogP contribution in [-0.4, -0.2) is 5.91 Å². The first kappa shape index (κ1) is 16.1. The number of nitrogens with zero attached hydrogens (tertiary/aromatic N) is 1. The first-order valence-electron chi connectivity index (χ1n) is 7.22. The minimum absolute atomic E-state index is 0.198. The highest BCUT2D eigenvalue weighted by molar-refractivity contribution is 6.32. The van der Waals surface area contributed by atoms with Crippen molar-refractivity contribution in [1.29, 1.82) is 5.26 Å². The van der Waals surface area contributed by atoms with Crippen molar-refractivity contribution in [3.05, 3.63) is 63.7 Å². The lowest BCUT2D eigenvalue weighted by Gasteiger charge is -2.16. The summed E-state index contributed by atoms with van der Waals surface area (Å²) in [5, 5.41) is 12.4.